The number of rotatable bonds is 3. The molecule has 0 saturated heterocycles. The maximum absolute atomic E-state index is 11.5. The van der Waals surface area contributed by atoms with Crippen LogP contribution in [0.15, 0.2) is 18.2 Å². The quantitative estimate of drug-likeness (QED) is 0.657. The Kier molecular flexibility index (Phi) is 4.93. The van der Waals surface area contributed by atoms with Gasteiger partial charge >= 0.3 is 0 Å². The van der Waals surface area contributed by atoms with Crippen molar-refractivity contribution >= 4 is 40.6 Å². The Morgan fingerprint density at radius 2 is 2.06 bits per heavy atom. The molecule has 92 valence electrons. The van der Waals surface area contributed by atoms with E-state index in [0.29, 0.717) is 22.3 Å². The van der Waals surface area contributed by atoms with Gasteiger partial charge in [-0.1, -0.05) is 23.2 Å². The molecule has 0 aliphatic heterocycles. The van der Waals surface area contributed by atoms with Gasteiger partial charge in [0.2, 0.25) is 5.91 Å². The molecule has 1 aromatic carbocycles. The van der Waals surface area contributed by atoms with Crippen LogP contribution in [0.2, 0.25) is 10.0 Å². The Labute approximate surface area is 110 Å². The molecule has 0 bridgehead atoms. The van der Waals surface area contributed by atoms with Crippen LogP contribution in [0.5, 0.6) is 0 Å². The Morgan fingerprint density at radius 1 is 1.41 bits per heavy atom. The number of likely N-dealkylation sites (N-methyl/N-ethyl adjacent to an activating group) is 1. The Morgan fingerprint density at radius 3 is 2.53 bits per heavy atom. The van der Waals surface area contributed by atoms with Gasteiger partial charge in [-0.05, 0) is 25.2 Å². The number of anilines is 1. The van der Waals surface area contributed by atoms with E-state index in [2.05, 4.69) is 5.32 Å². The molecule has 0 fully saturated rings. The predicted octanol–water partition coefficient (Wildman–Crippen LogP) is 2.54. The number of carbonyl (C=O) groups excluding carboxylic acids is 1. The molecule has 1 rings (SSSR count). The van der Waals surface area contributed by atoms with E-state index >= 15 is 0 Å². The number of benzene rings is 1. The zero-order valence-corrected chi connectivity index (χ0v) is 11.1. The minimum Gasteiger partial charge on any atom is -0.313 e. The van der Waals surface area contributed by atoms with E-state index in [4.69, 9.17) is 28.6 Å². The van der Waals surface area contributed by atoms with Gasteiger partial charge in [0.05, 0.1) is 22.3 Å². The summed E-state index contributed by atoms with van der Waals surface area (Å²) in [6, 6.07) is 4.82. The van der Waals surface area contributed by atoms with Crippen molar-refractivity contribution in [2.45, 2.75) is 6.92 Å². The summed E-state index contributed by atoms with van der Waals surface area (Å²) in [6.45, 7) is 1.69. The van der Waals surface area contributed by atoms with E-state index in [1.807, 2.05) is 0 Å². The lowest BCUT2D eigenvalue weighted by molar-refractivity contribution is -0.115. The Hall–Kier alpha value is -1.10. The fraction of sp³-hybridized carbons (Fsp3) is 0.273. The summed E-state index contributed by atoms with van der Waals surface area (Å²) in [6.07, 6.45) is 0. The predicted molar refractivity (Wildman–Crippen MR) is 71.3 cm³/mol. The molecule has 0 saturated carbocycles. The van der Waals surface area contributed by atoms with Gasteiger partial charge in [0.15, 0.2) is 0 Å². The molecule has 0 spiro atoms. The SMILES string of the molecule is CNCC(=N)N(C(C)=O)c1ccc(Cl)c(Cl)c1. The molecular weight excluding hydrogens is 261 g/mol. The van der Waals surface area contributed by atoms with Crippen LogP contribution in [-0.2, 0) is 4.79 Å². The van der Waals surface area contributed by atoms with Crippen molar-refractivity contribution < 1.29 is 4.79 Å². The summed E-state index contributed by atoms with van der Waals surface area (Å²) in [5.41, 5.74) is 0.534. The van der Waals surface area contributed by atoms with Crippen molar-refractivity contribution in [2.75, 3.05) is 18.5 Å². The van der Waals surface area contributed by atoms with Crippen molar-refractivity contribution in [2.24, 2.45) is 0 Å². The molecule has 2 N–H and O–H groups in total. The molecule has 0 heterocycles. The highest BCUT2D eigenvalue weighted by Crippen LogP contribution is 2.27. The normalized spacial score (nSPS) is 10.1. The van der Waals surface area contributed by atoms with Crippen molar-refractivity contribution in [3.63, 3.8) is 0 Å². The summed E-state index contributed by atoms with van der Waals surface area (Å²) in [7, 11) is 1.71. The molecule has 6 heteroatoms. The first-order valence-electron chi connectivity index (χ1n) is 4.95. The number of carbonyl (C=O) groups is 1. The van der Waals surface area contributed by atoms with Crippen molar-refractivity contribution in [3.8, 4) is 0 Å². The number of nitrogens with one attached hydrogen (secondary N) is 2. The maximum atomic E-state index is 11.5. The van der Waals surface area contributed by atoms with Crippen LogP contribution in [0, 0.1) is 5.41 Å². The molecule has 1 amide bonds. The number of amides is 1. The lowest BCUT2D eigenvalue weighted by Crippen LogP contribution is -2.39. The largest absolute Gasteiger partial charge is 0.313 e. The van der Waals surface area contributed by atoms with E-state index < -0.39 is 0 Å². The molecule has 0 aliphatic carbocycles. The summed E-state index contributed by atoms with van der Waals surface area (Å²) in [4.78, 5) is 12.8. The number of nitrogens with zero attached hydrogens (tertiary/aromatic N) is 1. The van der Waals surface area contributed by atoms with Crippen molar-refractivity contribution in [3.05, 3.63) is 28.2 Å². The summed E-state index contributed by atoms with van der Waals surface area (Å²) in [5.74, 6) is -0.0953. The molecule has 0 atom stereocenters. The minimum atomic E-state index is -0.247. The van der Waals surface area contributed by atoms with Crippen molar-refractivity contribution in [1.82, 2.24) is 5.32 Å². The second kappa shape index (κ2) is 6.00. The summed E-state index contributed by atoms with van der Waals surface area (Å²) < 4.78 is 0. The first kappa shape index (κ1) is 14.0. The number of hydrogen-bond donors (Lipinski definition) is 2. The molecule has 0 aliphatic rings. The average molecular weight is 274 g/mol. The fourth-order valence-corrected chi connectivity index (χ4v) is 1.69. The third kappa shape index (κ3) is 3.43. The molecule has 17 heavy (non-hydrogen) atoms. The van der Waals surface area contributed by atoms with Crippen LogP contribution >= 0.6 is 23.2 Å². The minimum absolute atomic E-state index is 0.151. The molecule has 0 unspecified atom stereocenters. The van der Waals surface area contributed by atoms with Gasteiger partial charge in [0.25, 0.3) is 0 Å². The highest BCUT2D eigenvalue weighted by atomic mass is 35.5. The van der Waals surface area contributed by atoms with Crippen LogP contribution in [0.25, 0.3) is 0 Å². The fourth-order valence-electron chi connectivity index (χ4n) is 1.40. The van der Waals surface area contributed by atoms with E-state index in [9.17, 15) is 4.79 Å². The van der Waals surface area contributed by atoms with Gasteiger partial charge in [0, 0.05) is 6.92 Å². The average Bonchev–Trinajstić information content (AvgIpc) is 2.23. The Balaban J connectivity index is 3.10. The van der Waals surface area contributed by atoms with E-state index in [0.717, 1.165) is 0 Å². The smallest absolute Gasteiger partial charge is 0.229 e. The van der Waals surface area contributed by atoms with Gasteiger partial charge in [0.1, 0.15) is 5.84 Å². The van der Waals surface area contributed by atoms with Gasteiger partial charge in [-0.3, -0.25) is 15.1 Å². The number of hydrogen-bond acceptors (Lipinski definition) is 3. The van der Waals surface area contributed by atoms with Crippen LogP contribution in [0.1, 0.15) is 6.92 Å². The topological polar surface area (TPSA) is 56.2 Å². The maximum Gasteiger partial charge on any atom is 0.229 e. The lowest BCUT2D eigenvalue weighted by Gasteiger charge is -2.22. The molecule has 0 radical (unpaired) electrons. The summed E-state index contributed by atoms with van der Waals surface area (Å²) >= 11 is 11.7. The molecule has 0 aromatic heterocycles. The second-order valence-corrected chi connectivity index (χ2v) is 4.24. The zero-order chi connectivity index (χ0) is 13.0. The standard InChI is InChI=1S/C11H13Cl2N3O/c1-7(17)16(11(14)6-15-2)8-3-4-9(12)10(13)5-8/h3-5,14-15H,6H2,1-2H3. The van der Waals surface area contributed by atoms with Gasteiger partial charge < -0.3 is 5.32 Å². The van der Waals surface area contributed by atoms with Gasteiger partial charge in [-0.15, -0.1) is 0 Å². The zero-order valence-electron chi connectivity index (χ0n) is 9.55. The van der Waals surface area contributed by atoms with Crippen LogP contribution in [-0.4, -0.2) is 25.3 Å². The number of amidine groups is 1. The van der Waals surface area contributed by atoms with Gasteiger partial charge in [-0.2, -0.15) is 0 Å². The summed E-state index contributed by atoms with van der Waals surface area (Å²) in [5, 5.41) is 11.4. The monoisotopic (exact) mass is 273 g/mol. The third-order valence-electron chi connectivity index (χ3n) is 2.09. The third-order valence-corrected chi connectivity index (χ3v) is 2.83. The molecular formula is C11H13Cl2N3O. The van der Waals surface area contributed by atoms with Crippen LogP contribution < -0.4 is 10.2 Å². The highest BCUT2D eigenvalue weighted by molar-refractivity contribution is 6.42. The van der Waals surface area contributed by atoms with Crippen molar-refractivity contribution in [1.29, 1.82) is 5.41 Å². The Bertz CT molecular complexity index is 448. The van der Waals surface area contributed by atoms with Gasteiger partial charge in [-0.25, -0.2) is 0 Å². The lowest BCUT2D eigenvalue weighted by atomic mass is 10.2. The first-order chi connectivity index (χ1) is 7.97. The first-order valence-corrected chi connectivity index (χ1v) is 5.70. The highest BCUT2D eigenvalue weighted by Gasteiger charge is 2.17. The number of halogens is 2. The van der Waals surface area contributed by atoms with Crippen LogP contribution in [0.4, 0.5) is 5.69 Å². The van der Waals surface area contributed by atoms with E-state index in [1.165, 1.54) is 11.8 Å². The molecule has 4 nitrogen and oxygen atoms in total. The molecule has 1 aromatic rings. The van der Waals surface area contributed by atoms with E-state index in [-0.39, 0.29) is 11.7 Å². The second-order valence-electron chi connectivity index (χ2n) is 3.43. The van der Waals surface area contributed by atoms with Crippen LogP contribution in [0.3, 0.4) is 0 Å². The van der Waals surface area contributed by atoms with E-state index in [1.54, 1.807) is 25.2 Å².